The Morgan fingerprint density at radius 2 is 1.78 bits per heavy atom. The largest absolute Gasteiger partial charge is 0.491 e. The molecule has 2 rings (SSSR count). The Hall–Kier alpha value is -1.51. The number of benzene rings is 2. The van der Waals surface area contributed by atoms with Crippen LogP contribution in [0, 0.1) is 6.92 Å². The Balaban J connectivity index is 2.03. The first kappa shape index (κ1) is 12.9. The second-order valence-corrected chi connectivity index (χ2v) is 4.61. The lowest BCUT2D eigenvalue weighted by atomic mass is 10.1. The van der Waals surface area contributed by atoms with Gasteiger partial charge < -0.3 is 10.5 Å². The van der Waals surface area contributed by atoms with E-state index in [1.807, 2.05) is 55.5 Å². The summed E-state index contributed by atoms with van der Waals surface area (Å²) < 4.78 is 5.72. The van der Waals surface area contributed by atoms with Gasteiger partial charge in [-0.25, -0.2) is 0 Å². The monoisotopic (exact) mass is 261 g/mol. The van der Waals surface area contributed by atoms with Crippen molar-refractivity contribution in [3.63, 3.8) is 0 Å². The van der Waals surface area contributed by atoms with Crippen molar-refractivity contribution in [2.45, 2.75) is 13.0 Å². The average Bonchev–Trinajstić information content (AvgIpc) is 2.38. The fourth-order valence-corrected chi connectivity index (χ4v) is 2.04. The summed E-state index contributed by atoms with van der Waals surface area (Å²) in [6, 6.07) is 15.2. The van der Waals surface area contributed by atoms with Crippen LogP contribution in [0.1, 0.15) is 17.2 Å². The number of rotatable bonds is 4. The number of nitrogens with two attached hydrogens (primary N) is 1. The Kier molecular flexibility index (Phi) is 4.24. The van der Waals surface area contributed by atoms with Crippen molar-refractivity contribution in [2.24, 2.45) is 5.73 Å². The molecule has 3 heteroatoms. The van der Waals surface area contributed by atoms with Crippen LogP contribution in [0.2, 0.25) is 5.02 Å². The van der Waals surface area contributed by atoms with E-state index in [4.69, 9.17) is 22.1 Å². The molecule has 0 aliphatic rings. The summed E-state index contributed by atoms with van der Waals surface area (Å²) in [6.07, 6.45) is 0. The molecule has 0 bridgehead atoms. The average molecular weight is 262 g/mol. The lowest BCUT2D eigenvalue weighted by Crippen LogP contribution is -2.19. The van der Waals surface area contributed by atoms with Crippen molar-refractivity contribution in [1.82, 2.24) is 0 Å². The van der Waals surface area contributed by atoms with E-state index in [1.165, 1.54) is 0 Å². The number of ether oxygens (including phenoxy) is 1. The van der Waals surface area contributed by atoms with Gasteiger partial charge in [0.15, 0.2) is 0 Å². The summed E-state index contributed by atoms with van der Waals surface area (Å²) in [7, 11) is 0. The summed E-state index contributed by atoms with van der Waals surface area (Å²) in [5, 5.41) is 0.679. The van der Waals surface area contributed by atoms with Crippen LogP contribution in [0.15, 0.2) is 48.5 Å². The highest BCUT2D eigenvalue weighted by Gasteiger charge is 2.10. The van der Waals surface area contributed by atoms with E-state index < -0.39 is 0 Å². The van der Waals surface area contributed by atoms with Crippen LogP contribution in [0.5, 0.6) is 5.75 Å². The van der Waals surface area contributed by atoms with Crippen LogP contribution < -0.4 is 10.5 Å². The van der Waals surface area contributed by atoms with Crippen LogP contribution in [-0.4, -0.2) is 6.61 Å². The van der Waals surface area contributed by atoms with Gasteiger partial charge in [0.05, 0.1) is 6.04 Å². The van der Waals surface area contributed by atoms with Gasteiger partial charge in [-0.05, 0) is 30.2 Å². The lowest BCUT2D eigenvalue weighted by Gasteiger charge is -2.15. The minimum atomic E-state index is -0.224. The third-order valence-electron chi connectivity index (χ3n) is 2.82. The van der Waals surface area contributed by atoms with Gasteiger partial charge in [0.1, 0.15) is 12.4 Å². The van der Waals surface area contributed by atoms with Crippen LogP contribution in [-0.2, 0) is 0 Å². The zero-order valence-electron chi connectivity index (χ0n) is 10.3. The standard InChI is InChI=1S/C15H16ClNO/c1-11-6-2-5-9-15(11)18-10-14(17)12-7-3-4-8-13(12)16/h2-9,14H,10,17H2,1H3. The van der Waals surface area contributed by atoms with Crippen LogP contribution in [0.3, 0.4) is 0 Å². The van der Waals surface area contributed by atoms with Gasteiger partial charge >= 0.3 is 0 Å². The van der Waals surface area contributed by atoms with Crippen molar-refractivity contribution < 1.29 is 4.74 Å². The van der Waals surface area contributed by atoms with Crippen molar-refractivity contribution in [3.05, 3.63) is 64.7 Å². The molecule has 0 heterocycles. The van der Waals surface area contributed by atoms with Crippen LogP contribution >= 0.6 is 11.6 Å². The van der Waals surface area contributed by atoms with Crippen molar-refractivity contribution in [3.8, 4) is 5.75 Å². The molecule has 0 saturated carbocycles. The highest BCUT2D eigenvalue weighted by Crippen LogP contribution is 2.23. The van der Waals surface area contributed by atoms with Gasteiger partial charge in [0.25, 0.3) is 0 Å². The van der Waals surface area contributed by atoms with E-state index in [1.54, 1.807) is 0 Å². The van der Waals surface area contributed by atoms with E-state index in [9.17, 15) is 0 Å². The van der Waals surface area contributed by atoms with E-state index >= 15 is 0 Å². The molecular weight excluding hydrogens is 246 g/mol. The second kappa shape index (κ2) is 5.89. The minimum absolute atomic E-state index is 0.224. The molecule has 0 saturated heterocycles. The topological polar surface area (TPSA) is 35.2 Å². The first-order chi connectivity index (χ1) is 8.68. The summed E-state index contributed by atoms with van der Waals surface area (Å²) in [5.74, 6) is 0.861. The summed E-state index contributed by atoms with van der Waals surface area (Å²) in [5.41, 5.74) is 8.10. The van der Waals surface area contributed by atoms with E-state index in [2.05, 4.69) is 0 Å². The zero-order valence-corrected chi connectivity index (χ0v) is 11.0. The molecule has 0 fully saturated rings. The molecule has 1 unspecified atom stereocenters. The van der Waals surface area contributed by atoms with Gasteiger partial charge in [-0.2, -0.15) is 0 Å². The fourth-order valence-electron chi connectivity index (χ4n) is 1.76. The molecule has 0 radical (unpaired) electrons. The highest BCUT2D eigenvalue weighted by atomic mass is 35.5. The maximum atomic E-state index is 6.10. The predicted octanol–water partition coefficient (Wildman–Crippen LogP) is 3.73. The predicted molar refractivity (Wildman–Crippen MR) is 75.1 cm³/mol. The van der Waals surface area contributed by atoms with Gasteiger partial charge in [0.2, 0.25) is 0 Å². The third kappa shape index (κ3) is 3.03. The molecule has 2 aromatic carbocycles. The summed E-state index contributed by atoms with van der Waals surface area (Å²) >= 11 is 6.10. The number of hydrogen-bond donors (Lipinski definition) is 1. The van der Waals surface area contributed by atoms with E-state index in [0.717, 1.165) is 16.9 Å². The maximum absolute atomic E-state index is 6.10. The van der Waals surface area contributed by atoms with Crippen LogP contribution in [0.25, 0.3) is 0 Å². The van der Waals surface area contributed by atoms with Crippen molar-refractivity contribution >= 4 is 11.6 Å². The number of aryl methyl sites for hydroxylation is 1. The van der Waals surface area contributed by atoms with E-state index in [0.29, 0.717) is 11.6 Å². The van der Waals surface area contributed by atoms with Gasteiger partial charge in [-0.3, -0.25) is 0 Å². The molecule has 2 N–H and O–H groups in total. The number of halogens is 1. The van der Waals surface area contributed by atoms with Crippen molar-refractivity contribution in [2.75, 3.05) is 6.61 Å². The Labute approximate surface area is 112 Å². The molecule has 94 valence electrons. The zero-order chi connectivity index (χ0) is 13.0. The van der Waals surface area contributed by atoms with Gasteiger partial charge in [0, 0.05) is 5.02 Å². The Morgan fingerprint density at radius 1 is 1.11 bits per heavy atom. The molecule has 0 amide bonds. The first-order valence-electron chi connectivity index (χ1n) is 5.87. The minimum Gasteiger partial charge on any atom is -0.491 e. The summed E-state index contributed by atoms with van der Waals surface area (Å²) in [4.78, 5) is 0. The second-order valence-electron chi connectivity index (χ2n) is 4.20. The normalized spacial score (nSPS) is 12.2. The third-order valence-corrected chi connectivity index (χ3v) is 3.16. The lowest BCUT2D eigenvalue weighted by molar-refractivity contribution is 0.289. The molecule has 2 aromatic rings. The van der Waals surface area contributed by atoms with E-state index in [-0.39, 0.29) is 6.04 Å². The maximum Gasteiger partial charge on any atom is 0.122 e. The number of para-hydroxylation sites is 1. The molecule has 0 aliphatic heterocycles. The SMILES string of the molecule is Cc1ccccc1OCC(N)c1ccccc1Cl. The molecule has 18 heavy (non-hydrogen) atoms. The first-order valence-corrected chi connectivity index (χ1v) is 6.24. The van der Waals surface area contributed by atoms with Gasteiger partial charge in [-0.15, -0.1) is 0 Å². The Bertz CT molecular complexity index is 527. The summed E-state index contributed by atoms with van der Waals surface area (Å²) in [6.45, 7) is 2.42. The molecule has 1 atom stereocenters. The Morgan fingerprint density at radius 3 is 2.50 bits per heavy atom. The number of hydrogen-bond acceptors (Lipinski definition) is 2. The van der Waals surface area contributed by atoms with Crippen molar-refractivity contribution in [1.29, 1.82) is 0 Å². The molecule has 2 nitrogen and oxygen atoms in total. The quantitative estimate of drug-likeness (QED) is 0.910. The molecule has 0 aliphatic carbocycles. The molecular formula is C15H16ClNO. The van der Waals surface area contributed by atoms with Crippen LogP contribution in [0.4, 0.5) is 0 Å². The van der Waals surface area contributed by atoms with Gasteiger partial charge in [-0.1, -0.05) is 48.0 Å². The highest BCUT2D eigenvalue weighted by molar-refractivity contribution is 6.31. The molecule has 0 spiro atoms. The fraction of sp³-hybridized carbons (Fsp3) is 0.200. The molecule has 0 aromatic heterocycles. The smallest absolute Gasteiger partial charge is 0.122 e.